The van der Waals surface area contributed by atoms with Crippen LogP contribution in [0.1, 0.15) is 47.7 Å². The average Bonchev–Trinajstić information content (AvgIpc) is 3.13. The van der Waals surface area contributed by atoms with Crippen LogP contribution in [0.3, 0.4) is 0 Å². The van der Waals surface area contributed by atoms with Gasteiger partial charge in [-0.05, 0) is 50.6 Å². The molecule has 0 amide bonds. The van der Waals surface area contributed by atoms with Crippen LogP contribution in [-0.2, 0) is 11.3 Å². The molecule has 10 heteroatoms. The van der Waals surface area contributed by atoms with E-state index in [4.69, 9.17) is 9.47 Å². The number of ketones is 2. The van der Waals surface area contributed by atoms with Crippen LogP contribution in [-0.4, -0.2) is 66.0 Å². The summed E-state index contributed by atoms with van der Waals surface area (Å²) in [4.78, 5) is 39.2. The van der Waals surface area contributed by atoms with Gasteiger partial charge in [-0.3, -0.25) is 24.4 Å². The van der Waals surface area contributed by atoms with Gasteiger partial charge in [-0.1, -0.05) is 6.42 Å². The fraction of sp³-hybridized carbons (Fsp3) is 0.522. The Morgan fingerprint density at radius 3 is 2.45 bits per heavy atom. The number of Topliss-reactive ketones (excluding diaryl/α,β-unsaturated/α-hetero) is 2. The molecule has 1 aromatic heterocycles. The number of hydrogen-bond acceptors (Lipinski definition) is 8. The molecule has 33 heavy (non-hydrogen) atoms. The minimum absolute atomic E-state index is 0.0908. The topological polar surface area (TPSA) is 117 Å². The van der Waals surface area contributed by atoms with Crippen LogP contribution in [0.25, 0.3) is 0 Å². The van der Waals surface area contributed by atoms with Crippen molar-refractivity contribution in [1.29, 1.82) is 0 Å². The average molecular weight is 459 g/mol. The number of methoxy groups -OCH3 is 2. The molecule has 1 aliphatic carbocycles. The first kappa shape index (κ1) is 24.4. The summed E-state index contributed by atoms with van der Waals surface area (Å²) in [6.07, 6.45) is 3.13. The minimum Gasteiger partial charge on any atom is -0.497 e. The van der Waals surface area contributed by atoms with Crippen molar-refractivity contribution in [2.24, 2.45) is 5.92 Å². The Balaban J connectivity index is 1.82. The van der Waals surface area contributed by atoms with E-state index in [0.717, 1.165) is 5.56 Å². The first-order valence-electron chi connectivity index (χ1n) is 10.9. The fourth-order valence-electron chi connectivity index (χ4n) is 4.15. The molecular weight excluding hydrogens is 428 g/mol. The number of carbonyl (C=O) groups is 2. The highest BCUT2D eigenvalue weighted by Gasteiger charge is 2.37. The molecule has 1 unspecified atom stereocenters. The molecule has 0 saturated heterocycles. The number of benzene rings is 1. The van der Waals surface area contributed by atoms with Crippen LogP contribution >= 0.6 is 0 Å². The monoisotopic (exact) mass is 458 g/mol. The van der Waals surface area contributed by atoms with Crippen molar-refractivity contribution < 1.29 is 24.0 Å². The molecule has 0 N–H and O–H groups in total. The number of carbonyl (C=O) groups excluding carboxylic acids is 2. The van der Waals surface area contributed by atoms with Crippen molar-refractivity contribution in [3.05, 3.63) is 45.8 Å². The van der Waals surface area contributed by atoms with E-state index in [9.17, 15) is 19.7 Å². The third kappa shape index (κ3) is 5.75. The number of nitrogens with zero attached hydrogens (tertiary/aromatic N) is 4. The first-order chi connectivity index (χ1) is 15.7. The van der Waals surface area contributed by atoms with Gasteiger partial charge in [0.25, 0.3) is 0 Å². The highest BCUT2D eigenvalue weighted by Crippen LogP contribution is 2.37. The molecule has 0 radical (unpaired) electrons. The van der Waals surface area contributed by atoms with E-state index in [1.807, 2.05) is 31.1 Å². The maximum atomic E-state index is 13.2. The molecule has 1 aliphatic rings. The zero-order valence-electron chi connectivity index (χ0n) is 19.4. The highest BCUT2D eigenvalue weighted by atomic mass is 16.6. The van der Waals surface area contributed by atoms with Gasteiger partial charge < -0.3 is 14.4 Å². The van der Waals surface area contributed by atoms with E-state index >= 15 is 0 Å². The minimum atomic E-state index is -0.932. The SMILES string of the molecule is COc1cc(OC)cc([C@@H]2CCCC(C(=O)c3nn(CCN(C)C)cc3[N+](=O)[O-])C(=O)C2)c1. The number of nitro groups is 1. The van der Waals surface area contributed by atoms with Crippen molar-refractivity contribution >= 4 is 17.3 Å². The number of aromatic nitrogens is 2. The Morgan fingerprint density at radius 2 is 1.88 bits per heavy atom. The van der Waals surface area contributed by atoms with E-state index in [1.165, 1.54) is 10.9 Å². The quantitative estimate of drug-likeness (QED) is 0.185. The Morgan fingerprint density at radius 1 is 1.21 bits per heavy atom. The van der Waals surface area contributed by atoms with Gasteiger partial charge >= 0.3 is 5.69 Å². The molecule has 10 nitrogen and oxygen atoms in total. The van der Waals surface area contributed by atoms with Gasteiger partial charge in [-0.2, -0.15) is 5.10 Å². The van der Waals surface area contributed by atoms with Crippen molar-refractivity contribution in [3.63, 3.8) is 0 Å². The molecule has 2 atom stereocenters. The maximum Gasteiger partial charge on any atom is 0.318 e. The predicted octanol–water partition coefficient (Wildman–Crippen LogP) is 3.10. The lowest BCUT2D eigenvalue weighted by Crippen LogP contribution is -2.25. The molecule has 3 rings (SSSR count). The van der Waals surface area contributed by atoms with Gasteiger partial charge in [0.05, 0.1) is 31.6 Å². The number of rotatable bonds is 9. The lowest BCUT2D eigenvalue weighted by molar-refractivity contribution is -0.385. The molecule has 1 heterocycles. The Kier molecular flexibility index (Phi) is 7.80. The second-order valence-electron chi connectivity index (χ2n) is 8.55. The van der Waals surface area contributed by atoms with Crippen molar-refractivity contribution in [3.8, 4) is 11.5 Å². The third-order valence-electron chi connectivity index (χ3n) is 5.99. The second-order valence-corrected chi connectivity index (χ2v) is 8.55. The second kappa shape index (κ2) is 10.6. The van der Waals surface area contributed by atoms with Crippen LogP contribution in [0.15, 0.2) is 24.4 Å². The molecule has 178 valence electrons. The van der Waals surface area contributed by atoms with Gasteiger partial charge in [0.15, 0.2) is 0 Å². The zero-order chi connectivity index (χ0) is 24.1. The van der Waals surface area contributed by atoms with Crippen LogP contribution in [0.5, 0.6) is 11.5 Å². The summed E-state index contributed by atoms with van der Waals surface area (Å²) < 4.78 is 12.1. The summed E-state index contributed by atoms with van der Waals surface area (Å²) in [5.41, 5.74) is 0.315. The lowest BCUT2D eigenvalue weighted by atomic mass is 9.88. The van der Waals surface area contributed by atoms with Gasteiger partial charge in [0, 0.05) is 19.0 Å². The smallest absolute Gasteiger partial charge is 0.318 e. The Hall–Kier alpha value is -3.27. The van der Waals surface area contributed by atoms with E-state index in [2.05, 4.69) is 5.10 Å². The number of likely N-dealkylation sites (N-methyl/N-ethyl adjacent to an activating group) is 1. The standard InChI is InChI=1S/C23H30N4O6/c1-25(2)8-9-26-14-20(27(30)31)22(24-26)23(29)19-7-5-6-15(12-21(19)28)16-10-17(32-3)13-18(11-16)33-4/h10-11,13-15,19H,5-9,12H2,1-4H3/t15-,19?/m1/s1. The molecular formula is C23H30N4O6. The summed E-state index contributed by atoms with van der Waals surface area (Å²) >= 11 is 0. The van der Waals surface area contributed by atoms with E-state index in [0.29, 0.717) is 43.9 Å². The first-order valence-corrected chi connectivity index (χ1v) is 10.9. The Bertz CT molecular complexity index is 1010. The van der Waals surface area contributed by atoms with Crippen LogP contribution in [0.2, 0.25) is 0 Å². The van der Waals surface area contributed by atoms with Crippen molar-refractivity contribution in [1.82, 2.24) is 14.7 Å². The molecule has 1 fully saturated rings. The van der Waals surface area contributed by atoms with Crippen molar-refractivity contribution in [2.75, 3.05) is 34.9 Å². The number of ether oxygens (including phenoxy) is 2. The summed E-state index contributed by atoms with van der Waals surface area (Å²) in [5.74, 6) is -0.550. The van der Waals surface area contributed by atoms with Gasteiger partial charge in [0.2, 0.25) is 11.5 Å². The normalized spacial score (nSPS) is 18.8. The largest absolute Gasteiger partial charge is 0.497 e. The molecule has 1 aromatic carbocycles. The van der Waals surface area contributed by atoms with Crippen LogP contribution < -0.4 is 9.47 Å². The molecule has 2 aromatic rings. The van der Waals surface area contributed by atoms with Gasteiger partial charge in [-0.25, -0.2) is 0 Å². The Labute approximate surface area is 192 Å². The third-order valence-corrected chi connectivity index (χ3v) is 5.99. The summed E-state index contributed by atoms with van der Waals surface area (Å²) in [6.45, 7) is 1.01. The molecule has 0 aliphatic heterocycles. The van der Waals surface area contributed by atoms with Crippen LogP contribution in [0, 0.1) is 16.0 Å². The van der Waals surface area contributed by atoms with Gasteiger partial charge in [0.1, 0.15) is 23.5 Å². The van der Waals surface area contributed by atoms with Crippen molar-refractivity contribution in [2.45, 2.75) is 38.1 Å². The summed E-state index contributed by atoms with van der Waals surface area (Å²) in [6, 6.07) is 5.51. The fourth-order valence-corrected chi connectivity index (χ4v) is 4.15. The maximum absolute atomic E-state index is 13.2. The summed E-state index contributed by atoms with van der Waals surface area (Å²) in [7, 11) is 6.89. The molecule has 0 spiro atoms. The highest BCUT2D eigenvalue weighted by molar-refractivity contribution is 6.11. The van der Waals surface area contributed by atoms with E-state index in [-0.39, 0.29) is 29.5 Å². The zero-order valence-corrected chi connectivity index (χ0v) is 19.4. The molecule has 0 bridgehead atoms. The number of hydrogen-bond donors (Lipinski definition) is 0. The van der Waals surface area contributed by atoms with Crippen LogP contribution in [0.4, 0.5) is 5.69 Å². The molecule has 1 saturated carbocycles. The van der Waals surface area contributed by atoms with Gasteiger partial charge in [-0.15, -0.1) is 0 Å². The summed E-state index contributed by atoms with van der Waals surface area (Å²) in [5, 5.41) is 15.7. The predicted molar refractivity (Wildman–Crippen MR) is 121 cm³/mol. The van der Waals surface area contributed by atoms with E-state index in [1.54, 1.807) is 20.3 Å². The van der Waals surface area contributed by atoms with E-state index < -0.39 is 16.6 Å². The lowest BCUT2D eigenvalue weighted by Gasteiger charge is -2.16.